The van der Waals surface area contributed by atoms with Crippen molar-refractivity contribution < 1.29 is 4.92 Å². The molecule has 0 aliphatic heterocycles. The van der Waals surface area contributed by atoms with E-state index in [0.29, 0.717) is 6.04 Å². The Morgan fingerprint density at radius 3 is 2.71 bits per heavy atom. The predicted molar refractivity (Wildman–Crippen MR) is 53.2 cm³/mol. The second-order valence-electron chi connectivity index (χ2n) is 3.82. The van der Waals surface area contributed by atoms with Crippen molar-refractivity contribution >= 4 is 5.82 Å². The number of rotatable bonds is 2. The largest absolute Gasteiger partial charge is 0.358 e. The van der Waals surface area contributed by atoms with Crippen LogP contribution in [0.3, 0.4) is 0 Å². The second kappa shape index (κ2) is 3.82. The first kappa shape index (κ1) is 9.24. The fraction of sp³-hybridized carbons (Fsp3) is 0.600. The summed E-state index contributed by atoms with van der Waals surface area (Å²) in [6.45, 7) is 0. The maximum Gasteiger partial charge on any atom is 0.323 e. The van der Waals surface area contributed by atoms with Crippen LogP contribution in [0.1, 0.15) is 38.1 Å². The smallest absolute Gasteiger partial charge is 0.323 e. The molecule has 4 heteroatoms. The van der Waals surface area contributed by atoms with E-state index in [-0.39, 0.29) is 10.7 Å². The van der Waals surface area contributed by atoms with Gasteiger partial charge in [0.05, 0.1) is 6.20 Å². The number of hydrogen-bond acceptors (Lipinski definition) is 2. The molecule has 1 heterocycles. The molecule has 14 heavy (non-hydrogen) atoms. The number of hydrogen-bond donors (Lipinski definition) is 0. The molecule has 0 saturated heterocycles. The summed E-state index contributed by atoms with van der Waals surface area (Å²) in [5.74, 6) is 0.233. The van der Waals surface area contributed by atoms with Crippen LogP contribution >= 0.6 is 0 Å². The Morgan fingerprint density at radius 2 is 2.07 bits per heavy atom. The minimum Gasteiger partial charge on any atom is -0.358 e. The van der Waals surface area contributed by atoms with E-state index in [0.717, 1.165) is 12.8 Å². The van der Waals surface area contributed by atoms with Gasteiger partial charge >= 0.3 is 5.82 Å². The van der Waals surface area contributed by atoms with Gasteiger partial charge in [-0.3, -0.25) is 0 Å². The van der Waals surface area contributed by atoms with Gasteiger partial charge in [0.1, 0.15) is 6.04 Å². The lowest BCUT2D eigenvalue weighted by Crippen LogP contribution is -2.13. The molecule has 0 spiro atoms. The van der Waals surface area contributed by atoms with Crippen molar-refractivity contribution in [3.63, 3.8) is 0 Å². The fourth-order valence-corrected chi connectivity index (χ4v) is 2.21. The van der Waals surface area contributed by atoms with Crippen LogP contribution in [-0.2, 0) is 0 Å². The Balaban J connectivity index is 2.21. The van der Waals surface area contributed by atoms with Gasteiger partial charge in [-0.05, 0) is 36.7 Å². The van der Waals surface area contributed by atoms with Gasteiger partial charge in [0.15, 0.2) is 0 Å². The molecule has 0 N–H and O–H groups in total. The molecule has 1 aromatic rings. The highest BCUT2D eigenvalue weighted by Gasteiger charge is 2.23. The van der Waals surface area contributed by atoms with Crippen LogP contribution in [0.25, 0.3) is 0 Å². The molecule has 1 aliphatic rings. The maximum absolute atomic E-state index is 10.7. The van der Waals surface area contributed by atoms with E-state index in [2.05, 4.69) is 0 Å². The molecule has 0 amide bonds. The molecule has 1 aliphatic carbocycles. The van der Waals surface area contributed by atoms with Crippen molar-refractivity contribution in [1.82, 2.24) is 4.57 Å². The van der Waals surface area contributed by atoms with Gasteiger partial charge in [-0.2, -0.15) is 0 Å². The molecule has 0 bridgehead atoms. The van der Waals surface area contributed by atoms with E-state index in [9.17, 15) is 10.1 Å². The van der Waals surface area contributed by atoms with Gasteiger partial charge in [0, 0.05) is 6.07 Å². The summed E-state index contributed by atoms with van der Waals surface area (Å²) in [6.07, 6.45) is 7.64. The Labute approximate surface area is 82.7 Å². The van der Waals surface area contributed by atoms with Crippen molar-refractivity contribution in [2.24, 2.45) is 0 Å². The van der Waals surface area contributed by atoms with Crippen LogP contribution in [-0.4, -0.2) is 9.49 Å². The Morgan fingerprint density at radius 1 is 1.36 bits per heavy atom. The summed E-state index contributed by atoms with van der Waals surface area (Å²) >= 11 is 0. The molecule has 1 fully saturated rings. The van der Waals surface area contributed by atoms with Crippen LogP contribution in [0.4, 0.5) is 5.82 Å². The van der Waals surface area contributed by atoms with Gasteiger partial charge in [0.25, 0.3) is 0 Å². The van der Waals surface area contributed by atoms with Crippen LogP contribution in [0.15, 0.2) is 18.3 Å². The van der Waals surface area contributed by atoms with Crippen LogP contribution in [0, 0.1) is 10.1 Å². The van der Waals surface area contributed by atoms with Gasteiger partial charge in [-0.1, -0.05) is 6.42 Å². The van der Waals surface area contributed by atoms with Crippen molar-refractivity contribution in [2.45, 2.75) is 38.1 Å². The molecule has 0 aromatic carbocycles. The topological polar surface area (TPSA) is 48.1 Å². The first-order chi connectivity index (χ1) is 6.79. The molecule has 2 rings (SSSR count). The first-order valence-corrected chi connectivity index (χ1v) is 5.10. The van der Waals surface area contributed by atoms with Crippen molar-refractivity contribution in [3.8, 4) is 0 Å². The first-order valence-electron chi connectivity index (χ1n) is 5.10. The summed E-state index contributed by atoms with van der Waals surface area (Å²) in [7, 11) is 0. The lowest BCUT2D eigenvalue weighted by atomic mass is 9.95. The number of aromatic nitrogens is 1. The third-order valence-corrected chi connectivity index (χ3v) is 2.91. The average molecular weight is 194 g/mol. The molecule has 4 nitrogen and oxygen atoms in total. The second-order valence-corrected chi connectivity index (χ2v) is 3.82. The fourth-order valence-electron chi connectivity index (χ4n) is 2.21. The van der Waals surface area contributed by atoms with E-state index in [1.165, 1.54) is 19.3 Å². The van der Waals surface area contributed by atoms with E-state index >= 15 is 0 Å². The predicted octanol–water partition coefficient (Wildman–Crippen LogP) is 2.90. The third kappa shape index (κ3) is 1.64. The standard InChI is InChI=1S/C10H14N2O2/c13-12(14)10-7-4-8-11(10)9-5-2-1-3-6-9/h4,7-9H,1-3,5-6H2. The lowest BCUT2D eigenvalue weighted by molar-refractivity contribution is -0.392. The van der Waals surface area contributed by atoms with E-state index in [4.69, 9.17) is 0 Å². The maximum atomic E-state index is 10.7. The number of nitro groups is 1. The van der Waals surface area contributed by atoms with Crippen molar-refractivity contribution in [1.29, 1.82) is 0 Å². The van der Waals surface area contributed by atoms with Gasteiger partial charge in [-0.25, -0.2) is 4.57 Å². The quantitative estimate of drug-likeness (QED) is 0.536. The van der Waals surface area contributed by atoms with Gasteiger partial charge in [-0.15, -0.1) is 0 Å². The molecule has 0 atom stereocenters. The Bertz CT molecular complexity index is 327. The zero-order chi connectivity index (χ0) is 9.97. The summed E-state index contributed by atoms with van der Waals surface area (Å²) in [4.78, 5) is 10.4. The highest BCUT2D eigenvalue weighted by molar-refractivity contribution is 5.22. The zero-order valence-corrected chi connectivity index (χ0v) is 8.06. The highest BCUT2D eigenvalue weighted by Crippen LogP contribution is 2.31. The molecule has 1 aromatic heterocycles. The van der Waals surface area contributed by atoms with Crippen molar-refractivity contribution in [2.75, 3.05) is 0 Å². The van der Waals surface area contributed by atoms with Crippen LogP contribution < -0.4 is 0 Å². The summed E-state index contributed by atoms with van der Waals surface area (Å²) in [5, 5.41) is 10.7. The Kier molecular flexibility index (Phi) is 2.52. The van der Waals surface area contributed by atoms with E-state index in [1.54, 1.807) is 12.1 Å². The van der Waals surface area contributed by atoms with Crippen molar-refractivity contribution in [3.05, 3.63) is 28.4 Å². The third-order valence-electron chi connectivity index (χ3n) is 2.91. The Hall–Kier alpha value is -1.32. The normalized spacial score (nSPS) is 18.3. The highest BCUT2D eigenvalue weighted by atomic mass is 16.6. The van der Waals surface area contributed by atoms with Crippen LogP contribution in [0.2, 0.25) is 0 Å². The molecule has 0 unspecified atom stereocenters. The SMILES string of the molecule is O=[N+]([O-])c1cccn1C1CCCCC1. The average Bonchev–Trinajstić information content (AvgIpc) is 2.67. The molecule has 0 radical (unpaired) electrons. The van der Waals surface area contributed by atoms with Gasteiger partial charge < -0.3 is 10.1 Å². The minimum atomic E-state index is -0.297. The molecular weight excluding hydrogens is 180 g/mol. The summed E-state index contributed by atoms with van der Waals surface area (Å²) in [6, 6.07) is 3.68. The lowest BCUT2D eigenvalue weighted by Gasteiger charge is -2.19. The van der Waals surface area contributed by atoms with Gasteiger partial charge in [0.2, 0.25) is 0 Å². The molecule has 1 saturated carbocycles. The van der Waals surface area contributed by atoms with Crippen LogP contribution in [0.5, 0.6) is 0 Å². The van der Waals surface area contributed by atoms with E-state index < -0.39 is 0 Å². The number of nitrogens with zero attached hydrogens (tertiary/aromatic N) is 2. The monoisotopic (exact) mass is 194 g/mol. The summed E-state index contributed by atoms with van der Waals surface area (Å²) < 4.78 is 1.82. The summed E-state index contributed by atoms with van der Waals surface area (Å²) in [5.41, 5.74) is 0. The molecular formula is C10H14N2O2. The van der Waals surface area contributed by atoms with E-state index in [1.807, 2.05) is 10.8 Å². The zero-order valence-electron chi connectivity index (χ0n) is 8.06. The molecule has 76 valence electrons. The minimum absolute atomic E-state index is 0.233.